The minimum Gasteiger partial charge on any atom is -0.392 e. The average Bonchev–Trinajstić information content (AvgIpc) is 3.58. The van der Waals surface area contributed by atoms with E-state index in [1.807, 2.05) is 54.6 Å². The van der Waals surface area contributed by atoms with Crippen LogP contribution in [0.25, 0.3) is 21.3 Å². The highest BCUT2D eigenvalue weighted by molar-refractivity contribution is 8.01. The Morgan fingerprint density at radius 2 is 1.66 bits per heavy atom. The van der Waals surface area contributed by atoms with Crippen LogP contribution in [0.1, 0.15) is 73.7 Å². The number of aromatic nitrogens is 1. The smallest absolute Gasteiger partial charge is 0.220 e. The summed E-state index contributed by atoms with van der Waals surface area (Å²) < 4.78 is 15.4. The molecule has 1 fully saturated rings. The summed E-state index contributed by atoms with van der Waals surface area (Å²) in [7, 11) is 0. The van der Waals surface area contributed by atoms with Crippen molar-refractivity contribution in [3.8, 4) is 11.1 Å². The molecule has 1 aliphatic rings. The number of benzene rings is 4. The number of aliphatic hydroxyl groups excluding tert-OH is 1. The molecule has 8 nitrogen and oxygen atoms in total. The standard InChI is InChI=1S/C40H43N3O5S2/c1-27(45)41-21-6-2-3-12-38(46)42-24-29-8-7-9-33(22-29)30-17-19-32(20-18-30)39-47-34(23-36(48-39)31-15-13-28(25-44)14-16-31)26-49-40-43-35-10-4-5-11-37(35)50-40/h4-5,7-11,13-20,22,34,36,39,44H,2-3,6,12,21,23-26H2,1H3,(H,41,45)(H,42,46)/t34-,36+,39+/m0/s1. The van der Waals surface area contributed by atoms with Crippen molar-refractivity contribution < 1.29 is 24.2 Å². The number of thiazole rings is 1. The zero-order chi connectivity index (χ0) is 34.7. The van der Waals surface area contributed by atoms with Gasteiger partial charge in [-0.1, -0.05) is 97.0 Å². The molecule has 4 aromatic carbocycles. The van der Waals surface area contributed by atoms with Gasteiger partial charge in [0, 0.05) is 44.2 Å². The normalized spacial score (nSPS) is 17.4. The van der Waals surface area contributed by atoms with Crippen LogP contribution in [-0.2, 0) is 32.2 Å². The van der Waals surface area contributed by atoms with E-state index >= 15 is 0 Å². The second-order valence-electron chi connectivity index (χ2n) is 12.5. The number of nitrogens with one attached hydrogen (secondary N) is 2. The van der Waals surface area contributed by atoms with Crippen LogP contribution in [0.15, 0.2) is 101 Å². The van der Waals surface area contributed by atoms with Gasteiger partial charge in [0.2, 0.25) is 11.8 Å². The van der Waals surface area contributed by atoms with Crippen LogP contribution in [-0.4, -0.2) is 40.3 Å². The van der Waals surface area contributed by atoms with Crippen molar-refractivity contribution in [3.05, 3.63) is 119 Å². The van der Waals surface area contributed by atoms with Crippen molar-refractivity contribution in [2.75, 3.05) is 12.3 Å². The van der Waals surface area contributed by atoms with Gasteiger partial charge in [0.25, 0.3) is 0 Å². The maximum atomic E-state index is 12.4. The molecule has 2 heterocycles. The Kier molecular flexibility index (Phi) is 12.7. The minimum atomic E-state index is -0.534. The number of carbonyl (C=O) groups is 2. The van der Waals surface area contributed by atoms with Gasteiger partial charge < -0.3 is 25.2 Å². The van der Waals surface area contributed by atoms with E-state index in [1.165, 1.54) is 11.6 Å². The summed E-state index contributed by atoms with van der Waals surface area (Å²) in [6, 6.07) is 32.7. The van der Waals surface area contributed by atoms with Gasteiger partial charge in [0.05, 0.1) is 29.0 Å². The lowest BCUT2D eigenvalue weighted by atomic mass is 9.99. The number of rotatable bonds is 15. The Morgan fingerprint density at radius 1 is 0.860 bits per heavy atom. The molecule has 3 atom stereocenters. The molecule has 0 aliphatic carbocycles. The molecular weight excluding hydrogens is 667 g/mol. The molecule has 5 aromatic rings. The Hall–Kier alpha value is -4.06. The molecule has 260 valence electrons. The molecule has 0 bridgehead atoms. The summed E-state index contributed by atoms with van der Waals surface area (Å²) in [5.41, 5.74) is 7.07. The molecule has 1 aliphatic heterocycles. The van der Waals surface area contributed by atoms with Crippen molar-refractivity contribution in [1.82, 2.24) is 15.6 Å². The monoisotopic (exact) mass is 709 g/mol. The highest BCUT2D eigenvalue weighted by Gasteiger charge is 2.32. The molecule has 1 aromatic heterocycles. The third-order valence-corrected chi connectivity index (χ3v) is 11.0. The highest BCUT2D eigenvalue weighted by atomic mass is 32.2. The molecule has 1 saturated heterocycles. The molecule has 6 rings (SSSR count). The maximum Gasteiger partial charge on any atom is 0.220 e. The van der Waals surface area contributed by atoms with Gasteiger partial charge in [-0.2, -0.15) is 0 Å². The lowest BCUT2D eigenvalue weighted by Gasteiger charge is -2.36. The average molecular weight is 710 g/mol. The molecule has 50 heavy (non-hydrogen) atoms. The van der Waals surface area contributed by atoms with Crippen molar-refractivity contribution in [2.45, 2.75) is 75.0 Å². The van der Waals surface area contributed by atoms with Crippen molar-refractivity contribution in [1.29, 1.82) is 0 Å². The largest absolute Gasteiger partial charge is 0.392 e. The number of nitrogens with zero attached hydrogens (tertiary/aromatic N) is 1. The van der Waals surface area contributed by atoms with Crippen molar-refractivity contribution in [2.24, 2.45) is 0 Å². The summed E-state index contributed by atoms with van der Waals surface area (Å²) in [4.78, 5) is 28.2. The van der Waals surface area contributed by atoms with Crippen molar-refractivity contribution in [3.63, 3.8) is 0 Å². The first-order valence-corrected chi connectivity index (χ1v) is 18.9. The third-order valence-electron chi connectivity index (χ3n) is 8.67. The lowest BCUT2D eigenvalue weighted by molar-refractivity contribution is -0.245. The quantitative estimate of drug-likeness (QED) is 0.0745. The SMILES string of the molecule is CC(=O)NCCCCCC(=O)NCc1cccc(-c2ccc([C@@H]3O[C@H](CSc4nc5ccccc5s4)C[C@H](c4ccc(CO)cc4)O3)cc2)c1. The minimum absolute atomic E-state index is 0.00585. The fourth-order valence-electron chi connectivity index (χ4n) is 5.93. The van der Waals surface area contributed by atoms with E-state index in [0.29, 0.717) is 25.9 Å². The van der Waals surface area contributed by atoms with E-state index in [-0.39, 0.29) is 30.6 Å². The maximum absolute atomic E-state index is 12.4. The van der Waals surface area contributed by atoms with E-state index in [2.05, 4.69) is 53.1 Å². The van der Waals surface area contributed by atoms with Gasteiger partial charge >= 0.3 is 0 Å². The molecule has 0 unspecified atom stereocenters. The molecule has 0 radical (unpaired) electrons. The number of unbranched alkanes of at least 4 members (excludes halogenated alkanes) is 2. The van der Waals surface area contributed by atoms with Crippen LogP contribution >= 0.6 is 23.1 Å². The number of aliphatic hydroxyl groups is 1. The van der Waals surface area contributed by atoms with E-state index in [0.717, 1.165) is 68.3 Å². The van der Waals surface area contributed by atoms with Gasteiger partial charge in [0.15, 0.2) is 10.6 Å². The number of hydrogen-bond donors (Lipinski definition) is 3. The number of hydrogen-bond acceptors (Lipinski definition) is 8. The molecule has 0 saturated carbocycles. The first-order valence-electron chi connectivity index (χ1n) is 17.1. The zero-order valence-electron chi connectivity index (χ0n) is 28.2. The Balaban J connectivity index is 1.08. The summed E-state index contributed by atoms with van der Waals surface area (Å²) in [5.74, 6) is 0.765. The summed E-state index contributed by atoms with van der Waals surface area (Å²) in [5, 5.41) is 15.4. The predicted molar refractivity (Wildman–Crippen MR) is 200 cm³/mol. The zero-order valence-corrected chi connectivity index (χ0v) is 29.8. The number of para-hydroxylation sites is 1. The third kappa shape index (κ3) is 10.0. The van der Waals surface area contributed by atoms with Gasteiger partial charge in [-0.25, -0.2) is 4.98 Å². The van der Waals surface area contributed by atoms with E-state index in [4.69, 9.17) is 14.5 Å². The Morgan fingerprint density at radius 3 is 2.44 bits per heavy atom. The predicted octanol–water partition coefficient (Wildman–Crippen LogP) is 8.11. The summed E-state index contributed by atoms with van der Waals surface area (Å²) in [6.07, 6.45) is 3.02. The first kappa shape index (κ1) is 35.8. The van der Waals surface area contributed by atoms with E-state index < -0.39 is 6.29 Å². The van der Waals surface area contributed by atoms with Crippen LogP contribution in [0.5, 0.6) is 0 Å². The van der Waals surface area contributed by atoms with Gasteiger partial charge in [-0.3, -0.25) is 9.59 Å². The Labute approximate surface area is 301 Å². The van der Waals surface area contributed by atoms with Crippen LogP contribution < -0.4 is 10.6 Å². The second kappa shape index (κ2) is 17.7. The molecule has 3 N–H and O–H groups in total. The van der Waals surface area contributed by atoms with Gasteiger partial charge in [-0.15, -0.1) is 11.3 Å². The van der Waals surface area contributed by atoms with Crippen LogP contribution in [0, 0.1) is 0 Å². The van der Waals surface area contributed by atoms with Crippen LogP contribution in [0.3, 0.4) is 0 Å². The van der Waals surface area contributed by atoms with Gasteiger partial charge in [-0.05, 0) is 58.9 Å². The summed E-state index contributed by atoms with van der Waals surface area (Å²) in [6.45, 7) is 2.64. The highest BCUT2D eigenvalue weighted by Crippen LogP contribution is 2.40. The number of fused-ring (bicyclic) bond motifs is 1. The number of ether oxygens (including phenoxy) is 2. The van der Waals surface area contributed by atoms with Gasteiger partial charge in [0.1, 0.15) is 0 Å². The molecular formula is C40H43N3O5S2. The lowest BCUT2D eigenvalue weighted by Crippen LogP contribution is -2.31. The number of thioether (sulfide) groups is 1. The number of amides is 2. The first-order chi connectivity index (χ1) is 24.4. The van der Waals surface area contributed by atoms with Crippen molar-refractivity contribution >= 4 is 45.1 Å². The molecule has 2 amide bonds. The summed E-state index contributed by atoms with van der Waals surface area (Å²) >= 11 is 3.43. The molecule has 0 spiro atoms. The second-order valence-corrected chi connectivity index (χ2v) is 14.8. The number of carbonyl (C=O) groups excluding carboxylic acids is 2. The Bertz CT molecular complexity index is 1830. The molecule has 10 heteroatoms. The van der Waals surface area contributed by atoms with E-state index in [1.54, 1.807) is 23.1 Å². The fourth-order valence-corrected chi connectivity index (χ4v) is 8.05. The fraction of sp³-hybridized carbons (Fsp3) is 0.325. The van der Waals surface area contributed by atoms with Crippen LogP contribution in [0.4, 0.5) is 0 Å². The topological polar surface area (TPSA) is 110 Å². The van der Waals surface area contributed by atoms with E-state index in [9.17, 15) is 14.7 Å². The van der Waals surface area contributed by atoms with Crippen LogP contribution in [0.2, 0.25) is 0 Å².